The lowest BCUT2D eigenvalue weighted by Crippen LogP contribution is -2.53. The van der Waals surface area contributed by atoms with Gasteiger partial charge in [-0.05, 0) is 44.4 Å². The Morgan fingerprint density at radius 2 is 1.95 bits per heavy atom. The van der Waals surface area contributed by atoms with Gasteiger partial charge in [0.2, 0.25) is 0 Å². The summed E-state index contributed by atoms with van der Waals surface area (Å²) in [6, 6.07) is 5.78. The summed E-state index contributed by atoms with van der Waals surface area (Å²) in [5.41, 5.74) is 6.95. The molecule has 0 aliphatic carbocycles. The molecular formula is C16H24N2O2. The maximum atomic E-state index is 12.6. The molecule has 0 saturated carbocycles. The lowest BCUT2D eigenvalue weighted by Gasteiger charge is -2.39. The van der Waals surface area contributed by atoms with Crippen LogP contribution in [0.4, 0.5) is 5.69 Å². The minimum absolute atomic E-state index is 0.000486. The molecule has 1 atom stereocenters. The molecule has 1 aromatic carbocycles. The molecule has 1 unspecified atom stereocenters. The smallest absolute Gasteiger partial charge is 0.270 e. The van der Waals surface area contributed by atoms with Gasteiger partial charge in [0.15, 0.2) is 5.60 Å². The van der Waals surface area contributed by atoms with Crippen molar-refractivity contribution >= 4 is 11.6 Å². The van der Waals surface area contributed by atoms with E-state index in [9.17, 15) is 4.79 Å². The Morgan fingerprint density at radius 1 is 1.30 bits per heavy atom. The summed E-state index contributed by atoms with van der Waals surface area (Å²) in [5.74, 6) is 1.14. The number of carbonyl (C=O) groups excluding carboxylic acids is 1. The van der Waals surface area contributed by atoms with Crippen molar-refractivity contribution < 1.29 is 9.53 Å². The summed E-state index contributed by atoms with van der Waals surface area (Å²) in [6.07, 6.45) is 0. The first kappa shape index (κ1) is 14.9. The normalized spacial score (nSPS) is 18.8. The van der Waals surface area contributed by atoms with E-state index in [-0.39, 0.29) is 11.9 Å². The number of hydrogen-bond acceptors (Lipinski definition) is 3. The van der Waals surface area contributed by atoms with Gasteiger partial charge in [-0.25, -0.2) is 0 Å². The van der Waals surface area contributed by atoms with E-state index in [1.165, 1.54) is 0 Å². The Kier molecular flexibility index (Phi) is 3.78. The van der Waals surface area contributed by atoms with Crippen molar-refractivity contribution in [1.82, 2.24) is 0 Å². The molecule has 2 N–H and O–H groups in total. The highest BCUT2D eigenvalue weighted by molar-refractivity contribution is 6.02. The van der Waals surface area contributed by atoms with Crippen molar-refractivity contribution in [2.45, 2.75) is 46.3 Å². The molecule has 110 valence electrons. The van der Waals surface area contributed by atoms with Gasteiger partial charge in [-0.15, -0.1) is 0 Å². The van der Waals surface area contributed by atoms with Crippen molar-refractivity contribution in [3.63, 3.8) is 0 Å². The number of nitrogens with zero attached hydrogens (tertiary/aromatic N) is 1. The minimum Gasteiger partial charge on any atom is -0.476 e. The van der Waals surface area contributed by atoms with Crippen LogP contribution in [0, 0.1) is 5.92 Å². The third-order valence-electron chi connectivity index (χ3n) is 3.47. The molecule has 0 aromatic heterocycles. The first-order valence-corrected chi connectivity index (χ1v) is 7.13. The quantitative estimate of drug-likeness (QED) is 0.923. The number of benzene rings is 1. The Morgan fingerprint density at radius 3 is 2.50 bits per heavy atom. The molecule has 4 nitrogen and oxygen atoms in total. The van der Waals surface area contributed by atoms with Gasteiger partial charge in [0, 0.05) is 12.6 Å². The van der Waals surface area contributed by atoms with Gasteiger partial charge in [0.05, 0.1) is 5.69 Å². The zero-order chi connectivity index (χ0) is 15.1. The molecule has 1 heterocycles. The molecule has 1 aromatic rings. The number of rotatable bonds is 3. The van der Waals surface area contributed by atoms with Crippen molar-refractivity contribution in [3.05, 3.63) is 23.8 Å². The van der Waals surface area contributed by atoms with Crippen LogP contribution >= 0.6 is 0 Å². The minimum atomic E-state index is -0.822. The fourth-order valence-electron chi connectivity index (χ4n) is 2.41. The molecular weight excluding hydrogens is 252 g/mol. The predicted octanol–water partition coefficient (Wildman–Crippen LogP) is 2.87. The largest absolute Gasteiger partial charge is 0.476 e. The van der Waals surface area contributed by atoms with Crippen LogP contribution in [0.1, 0.15) is 46.2 Å². The highest BCUT2D eigenvalue weighted by Gasteiger charge is 2.41. The van der Waals surface area contributed by atoms with Gasteiger partial charge in [-0.2, -0.15) is 0 Å². The standard InChI is InChI=1S/C16H24N2O2/c1-10(2)9-18-13-8-12(11(3)17)6-7-14(13)20-16(4,5)15(18)19/h6-8,10-11H,9,17H2,1-5H3. The number of ether oxygens (including phenoxy) is 1. The summed E-state index contributed by atoms with van der Waals surface area (Å²) >= 11 is 0. The molecule has 0 bridgehead atoms. The monoisotopic (exact) mass is 276 g/mol. The fourth-order valence-corrected chi connectivity index (χ4v) is 2.41. The van der Waals surface area contributed by atoms with Gasteiger partial charge in [-0.1, -0.05) is 19.9 Å². The SMILES string of the molecule is CC(C)CN1C(=O)C(C)(C)Oc2ccc(C(C)N)cc21. The Labute approximate surface area is 120 Å². The van der Waals surface area contributed by atoms with Crippen LogP contribution in [0.3, 0.4) is 0 Å². The molecule has 1 aliphatic heterocycles. The molecule has 4 heteroatoms. The van der Waals surface area contributed by atoms with Crippen LogP contribution in [0.15, 0.2) is 18.2 Å². The summed E-state index contributed by atoms with van der Waals surface area (Å²) in [5, 5.41) is 0. The summed E-state index contributed by atoms with van der Waals surface area (Å²) in [4.78, 5) is 14.4. The van der Waals surface area contributed by atoms with Crippen LogP contribution in [-0.2, 0) is 4.79 Å². The van der Waals surface area contributed by atoms with E-state index in [0.717, 1.165) is 17.0 Å². The molecule has 0 radical (unpaired) electrons. The highest BCUT2D eigenvalue weighted by atomic mass is 16.5. The van der Waals surface area contributed by atoms with Crippen LogP contribution in [0.5, 0.6) is 5.75 Å². The van der Waals surface area contributed by atoms with Gasteiger partial charge in [0.25, 0.3) is 5.91 Å². The predicted molar refractivity (Wildman–Crippen MR) is 80.9 cm³/mol. The number of anilines is 1. The van der Waals surface area contributed by atoms with Gasteiger partial charge >= 0.3 is 0 Å². The van der Waals surface area contributed by atoms with Crippen molar-refractivity contribution in [2.24, 2.45) is 11.7 Å². The van der Waals surface area contributed by atoms with E-state index in [4.69, 9.17) is 10.5 Å². The number of carbonyl (C=O) groups is 1. The summed E-state index contributed by atoms with van der Waals surface area (Å²) in [7, 11) is 0. The van der Waals surface area contributed by atoms with Gasteiger partial charge in [-0.3, -0.25) is 4.79 Å². The van der Waals surface area contributed by atoms with Crippen LogP contribution in [-0.4, -0.2) is 18.1 Å². The van der Waals surface area contributed by atoms with E-state index >= 15 is 0 Å². The van der Waals surface area contributed by atoms with Gasteiger partial charge < -0.3 is 15.4 Å². The zero-order valence-corrected chi connectivity index (χ0v) is 12.9. The van der Waals surface area contributed by atoms with Crippen molar-refractivity contribution in [3.8, 4) is 5.75 Å². The first-order valence-electron chi connectivity index (χ1n) is 7.13. The highest BCUT2D eigenvalue weighted by Crippen LogP contribution is 2.39. The molecule has 0 spiro atoms. The lowest BCUT2D eigenvalue weighted by atomic mass is 10.00. The third kappa shape index (κ3) is 2.66. The second kappa shape index (κ2) is 5.09. The molecule has 20 heavy (non-hydrogen) atoms. The Balaban J connectivity index is 2.50. The van der Waals surface area contributed by atoms with Crippen molar-refractivity contribution in [2.75, 3.05) is 11.4 Å². The van der Waals surface area contributed by atoms with E-state index in [2.05, 4.69) is 13.8 Å². The summed E-state index contributed by atoms with van der Waals surface area (Å²) < 4.78 is 5.85. The maximum Gasteiger partial charge on any atom is 0.270 e. The van der Waals surface area contributed by atoms with E-state index in [1.54, 1.807) is 0 Å². The van der Waals surface area contributed by atoms with Crippen LogP contribution < -0.4 is 15.4 Å². The van der Waals surface area contributed by atoms with Crippen LogP contribution in [0.25, 0.3) is 0 Å². The average molecular weight is 276 g/mol. The molecule has 1 aliphatic rings. The molecule has 0 saturated heterocycles. The van der Waals surface area contributed by atoms with E-state index < -0.39 is 5.60 Å². The maximum absolute atomic E-state index is 12.6. The van der Waals surface area contributed by atoms with Crippen LogP contribution in [0.2, 0.25) is 0 Å². The first-order chi connectivity index (χ1) is 9.22. The zero-order valence-electron chi connectivity index (χ0n) is 12.9. The number of amides is 1. The topological polar surface area (TPSA) is 55.6 Å². The fraction of sp³-hybridized carbons (Fsp3) is 0.562. The van der Waals surface area contributed by atoms with Crippen molar-refractivity contribution in [1.29, 1.82) is 0 Å². The second-order valence-electron chi connectivity index (χ2n) is 6.44. The van der Waals surface area contributed by atoms with Gasteiger partial charge in [0.1, 0.15) is 5.75 Å². The lowest BCUT2D eigenvalue weighted by molar-refractivity contribution is -0.132. The average Bonchev–Trinajstić information content (AvgIpc) is 2.33. The van der Waals surface area contributed by atoms with E-state index in [0.29, 0.717) is 12.5 Å². The number of nitrogens with two attached hydrogens (primary N) is 1. The second-order valence-corrected chi connectivity index (χ2v) is 6.44. The summed E-state index contributed by atoms with van der Waals surface area (Å²) in [6.45, 7) is 10.4. The molecule has 2 rings (SSSR count). The number of hydrogen-bond donors (Lipinski definition) is 1. The van der Waals surface area contributed by atoms with E-state index in [1.807, 2.05) is 43.9 Å². The third-order valence-corrected chi connectivity index (χ3v) is 3.47. The molecule has 1 amide bonds. The Hall–Kier alpha value is -1.55. The Bertz CT molecular complexity index is 521. The molecule has 0 fully saturated rings. The number of fused-ring (bicyclic) bond motifs is 1.